The average Bonchev–Trinajstić information content (AvgIpc) is 3.37. The van der Waals surface area contributed by atoms with Crippen LogP contribution in [0.4, 0.5) is 5.69 Å². The van der Waals surface area contributed by atoms with Crippen molar-refractivity contribution in [1.29, 1.82) is 0 Å². The highest BCUT2D eigenvalue weighted by molar-refractivity contribution is 6.14. The zero-order valence-corrected chi connectivity index (χ0v) is 20.0. The molecule has 35 heavy (non-hydrogen) atoms. The number of carbonyl (C=O) groups excluding carboxylic acids is 2. The van der Waals surface area contributed by atoms with E-state index < -0.39 is 6.04 Å². The number of Topliss-reactive ketones (excluding diaryl/α,β-unsaturated/α-hetero) is 1. The van der Waals surface area contributed by atoms with Gasteiger partial charge in [-0.15, -0.1) is 0 Å². The molecule has 0 N–H and O–H groups in total. The molecule has 176 valence electrons. The highest BCUT2D eigenvalue weighted by atomic mass is 16.3. The van der Waals surface area contributed by atoms with E-state index in [0.29, 0.717) is 24.4 Å². The quantitative estimate of drug-likeness (QED) is 0.631. The van der Waals surface area contributed by atoms with Crippen LogP contribution in [0.3, 0.4) is 0 Å². The van der Waals surface area contributed by atoms with Crippen LogP contribution in [-0.2, 0) is 23.2 Å². The molecule has 2 aliphatic carbocycles. The SMILES string of the molecule is CN(C)c1ccc(C2C3=CC=C4C(=O)N(CCn5cc[n+](C)c5)C5=C4C3C(=C[N+]2=O)CC5=O)cc1. The first-order valence-electron chi connectivity index (χ1n) is 11.8. The van der Waals surface area contributed by atoms with Gasteiger partial charge in [0.15, 0.2) is 5.78 Å². The topological polar surface area (TPSA) is 69.5 Å². The minimum Gasteiger partial charge on any atom is -0.378 e. The molecule has 1 aromatic heterocycles. The number of anilines is 1. The summed E-state index contributed by atoms with van der Waals surface area (Å²) < 4.78 is 4.90. The molecule has 6 rings (SSSR count). The Morgan fingerprint density at radius 1 is 1.09 bits per heavy atom. The smallest absolute Gasteiger partial charge is 0.258 e. The van der Waals surface area contributed by atoms with Crippen LogP contribution in [-0.4, -0.2) is 46.6 Å². The predicted molar refractivity (Wildman–Crippen MR) is 129 cm³/mol. The summed E-state index contributed by atoms with van der Waals surface area (Å²) in [5.74, 6) is -0.446. The number of aryl methyl sites for hydroxylation is 1. The standard InChI is InChI=1S/C27H27N5O3/c1-28(2)19-6-4-17(5-7-19)25-20-8-9-21-24-23(20)18(15-32(25)35)14-22(33)26(24)31(27(21)34)13-12-30-11-10-29(3)16-30/h4-11,15-16,23,25H,12-14H2,1-3H3/q+2. The Morgan fingerprint density at radius 2 is 1.86 bits per heavy atom. The van der Waals surface area contributed by atoms with Crippen molar-refractivity contribution in [3.8, 4) is 0 Å². The summed E-state index contributed by atoms with van der Waals surface area (Å²) in [5.41, 5.74) is 5.50. The van der Waals surface area contributed by atoms with Gasteiger partial charge in [0, 0.05) is 69.6 Å². The molecule has 2 unspecified atom stereocenters. The van der Waals surface area contributed by atoms with E-state index in [0.717, 1.165) is 32.7 Å². The maximum atomic E-state index is 13.4. The van der Waals surface area contributed by atoms with E-state index in [9.17, 15) is 14.5 Å². The second-order valence-corrected chi connectivity index (χ2v) is 9.77. The van der Waals surface area contributed by atoms with Crippen molar-refractivity contribution in [1.82, 2.24) is 9.47 Å². The van der Waals surface area contributed by atoms with E-state index in [1.165, 1.54) is 0 Å². The molecule has 1 amide bonds. The molecule has 8 heteroatoms. The Hall–Kier alpha value is -4.07. The highest BCUT2D eigenvalue weighted by Gasteiger charge is 2.53. The molecule has 2 atom stereocenters. The van der Waals surface area contributed by atoms with E-state index in [4.69, 9.17) is 0 Å². The maximum Gasteiger partial charge on any atom is 0.258 e. The molecule has 8 nitrogen and oxygen atoms in total. The van der Waals surface area contributed by atoms with Crippen LogP contribution in [0.1, 0.15) is 18.0 Å². The molecular formula is C27H27N5O3+2. The monoisotopic (exact) mass is 469 g/mol. The first kappa shape index (κ1) is 21.5. The second kappa shape index (κ2) is 7.73. The van der Waals surface area contributed by atoms with Crippen LogP contribution in [0.15, 0.2) is 89.3 Å². The van der Waals surface area contributed by atoms with Crippen molar-refractivity contribution in [2.75, 3.05) is 25.5 Å². The fourth-order valence-corrected chi connectivity index (χ4v) is 5.71. The van der Waals surface area contributed by atoms with E-state index in [2.05, 4.69) is 0 Å². The summed E-state index contributed by atoms with van der Waals surface area (Å²) >= 11 is 0. The molecule has 4 aliphatic rings. The number of nitroso groups, excluding NO2 is 1. The zero-order valence-electron chi connectivity index (χ0n) is 20.0. The third-order valence-corrected chi connectivity index (χ3v) is 7.35. The number of rotatable bonds is 5. The number of imidazole rings is 1. The summed E-state index contributed by atoms with van der Waals surface area (Å²) in [5, 5.41) is 0. The van der Waals surface area contributed by atoms with Gasteiger partial charge in [-0.05, 0) is 30.3 Å². The van der Waals surface area contributed by atoms with Crippen molar-refractivity contribution in [2.45, 2.75) is 19.0 Å². The van der Waals surface area contributed by atoms with Crippen LogP contribution < -0.4 is 9.47 Å². The van der Waals surface area contributed by atoms with Gasteiger partial charge in [-0.1, -0.05) is 6.08 Å². The fourth-order valence-electron chi connectivity index (χ4n) is 5.71. The van der Waals surface area contributed by atoms with E-state index in [1.54, 1.807) is 17.2 Å². The molecule has 2 aliphatic heterocycles. The minimum atomic E-state index is -0.497. The first-order valence-corrected chi connectivity index (χ1v) is 11.8. The van der Waals surface area contributed by atoms with Crippen molar-refractivity contribution in [2.24, 2.45) is 13.0 Å². The van der Waals surface area contributed by atoms with E-state index >= 15 is 0 Å². The summed E-state index contributed by atoms with van der Waals surface area (Å²) in [6, 6.07) is 7.48. The average molecular weight is 470 g/mol. The lowest BCUT2D eigenvalue weighted by Gasteiger charge is -2.34. The van der Waals surface area contributed by atoms with Gasteiger partial charge in [0.2, 0.25) is 12.5 Å². The third-order valence-electron chi connectivity index (χ3n) is 7.35. The van der Waals surface area contributed by atoms with Crippen LogP contribution in [0.2, 0.25) is 0 Å². The Balaban J connectivity index is 1.40. The predicted octanol–water partition coefficient (Wildman–Crippen LogP) is 2.35. The van der Waals surface area contributed by atoms with Crippen molar-refractivity contribution in [3.63, 3.8) is 0 Å². The van der Waals surface area contributed by atoms with E-state index in [1.807, 2.05) is 84.2 Å². The summed E-state index contributed by atoms with van der Waals surface area (Å²) in [6.45, 7) is 1.01. The summed E-state index contributed by atoms with van der Waals surface area (Å²) in [7, 11) is 5.90. The minimum absolute atomic E-state index is 0.0965. The molecule has 0 saturated carbocycles. The van der Waals surface area contributed by atoms with Gasteiger partial charge < -0.3 is 9.80 Å². The lowest BCUT2D eigenvalue weighted by Crippen LogP contribution is -2.36. The molecule has 0 bridgehead atoms. The lowest BCUT2D eigenvalue weighted by molar-refractivity contribution is -0.671. The molecule has 0 radical (unpaired) electrons. The highest BCUT2D eigenvalue weighted by Crippen LogP contribution is 2.53. The van der Waals surface area contributed by atoms with Crippen molar-refractivity contribution in [3.05, 3.63) is 99.8 Å². The number of hydrogen-bond donors (Lipinski definition) is 0. The molecule has 0 fully saturated rings. The van der Waals surface area contributed by atoms with Crippen LogP contribution in [0.25, 0.3) is 0 Å². The van der Waals surface area contributed by atoms with Gasteiger partial charge in [-0.3, -0.25) is 9.59 Å². The number of benzene rings is 1. The third kappa shape index (κ3) is 3.24. The van der Waals surface area contributed by atoms with Crippen LogP contribution in [0, 0.1) is 10.8 Å². The number of carbonyl (C=O) groups is 2. The number of nitrogens with zero attached hydrogens (tertiary/aromatic N) is 5. The van der Waals surface area contributed by atoms with E-state index in [-0.39, 0.29) is 24.0 Å². The number of allylic oxidation sites excluding steroid dienone is 4. The van der Waals surface area contributed by atoms with Gasteiger partial charge in [-0.25, -0.2) is 9.13 Å². The van der Waals surface area contributed by atoms with Gasteiger partial charge in [0.25, 0.3) is 11.9 Å². The lowest BCUT2D eigenvalue weighted by atomic mass is 9.68. The fraction of sp³-hybridized carbons (Fsp3) is 0.296. The first-order chi connectivity index (χ1) is 16.8. The van der Waals surface area contributed by atoms with Gasteiger partial charge in [-0.2, -0.15) is 0 Å². The van der Waals surface area contributed by atoms with Gasteiger partial charge in [0.1, 0.15) is 18.9 Å². The number of ketones is 1. The molecule has 2 aromatic rings. The largest absolute Gasteiger partial charge is 0.378 e. The Kier molecular flexibility index (Phi) is 4.74. The van der Waals surface area contributed by atoms with Gasteiger partial charge in [0.05, 0.1) is 19.3 Å². The van der Waals surface area contributed by atoms with Crippen molar-refractivity contribution < 1.29 is 18.9 Å². The van der Waals surface area contributed by atoms with Crippen LogP contribution >= 0.6 is 0 Å². The maximum absolute atomic E-state index is 13.4. The van der Waals surface area contributed by atoms with Gasteiger partial charge >= 0.3 is 0 Å². The molecule has 0 spiro atoms. The molecule has 3 heterocycles. The van der Waals surface area contributed by atoms with Crippen molar-refractivity contribution >= 4 is 17.4 Å². The molecule has 1 aromatic carbocycles. The second-order valence-electron chi connectivity index (χ2n) is 9.77. The number of amides is 1. The number of hydrogen-bond acceptors (Lipinski definition) is 4. The Labute approximate surface area is 203 Å². The number of aromatic nitrogens is 2. The molecule has 0 saturated heterocycles. The Morgan fingerprint density at radius 3 is 2.54 bits per heavy atom. The Bertz CT molecular complexity index is 1420. The summed E-state index contributed by atoms with van der Waals surface area (Å²) in [6.07, 6.45) is 11.3. The summed E-state index contributed by atoms with van der Waals surface area (Å²) in [4.78, 5) is 43.5. The van der Waals surface area contributed by atoms with Crippen LogP contribution in [0.5, 0.6) is 0 Å². The normalized spacial score (nSPS) is 22.8. The molecular weight excluding hydrogens is 442 g/mol. The zero-order chi connectivity index (χ0) is 24.4.